The first kappa shape index (κ1) is 27.2. The van der Waals surface area contributed by atoms with Gasteiger partial charge in [0.15, 0.2) is 11.4 Å². The number of para-hydroxylation sites is 1. The van der Waals surface area contributed by atoms with Crippen molar-refractivity contribution in [3.05, 3.63) is 158 Å². The lowest BCUT2D eigenvalue weighted by Gasteiger charge is -2.11. The summed E-state index contributed by atoms with van der Waals surface area (Å²) in [7, 11) is 0. The lowest BCUT2D eigenvalue weighted by Crippen LogP contribution is -1.94. The van der Waals surface area contributed by atoms with Gasteiger partial charge in [-0.15, -0.1) is 0 Å². The zero-order valence-electron chi connectivity index (χ0n) is 26.7. The van der Waals surface area contributed by atoms with Crippen LogP contribution in [0.15, 0.2) is 167 Å². The summed E-state index contributed by atoms with van der Waals surface area (Å²) < 4.78 is 13.2. The zero-order chi connectivity index (χ0) is 32.8. The molecule has 0 saturated carbocycles. The van der Waals surface area contributed by atoms with Crippen molar-refractivity contribution in [2.45, 2.75) is 0 Å². The molecule has 0 unspecified atom stereocenters. The summed E-state index contributed by atoms with van der Waals surface area (Å²) in [6.45, 7) is 0. The van der Waals surface area contributed by atoms with Crippen molar-refractivity contribution >= 4 is 76.3 Å². The molecule has 0 spiro atoms. The summed E-state index contributed by atoms with van der Waals surface area (Å²) in [6.07, 6.45) is 0. The summed E-state index contributed by atoms with van der Waals surface area (Å²) in [5.74, 6) is 0.653. The van der Waals surface area contributed by atoms with Crippen molar-refractivity contribution in [2.24, 2.45) is 0 Å². The first-order chi connectivity index (χ1) is 24.8. The second-order valence-electron chi connectivity index (χ2n) is 12.9. The molecule has 4 nitrogen and oxygen atoms in total. The molecule has 0 amide bonds. The highest BCUT2D eigenvalue weighted by molar-refractivity contribution is 6.18. The third-order valence-corrected chi connectivity index (χ3v) is 10.1. The molecule has 0 aliphatic rings. The average Bonchev–Trinajstić information content (AvgIpc) is 3.75. The van der Waals surface area contributed by atoms with Gasteiger partial charge >= 0.3 is 0 Å². The third-order valence-electron chi connectivity index (χ3n) is 10.1. The number of nitrogens with zero attached hydrogens (tertiary/aromatic N) is 2. The Morgan fingerprint density at radius 2 is 1.10 bits per heavy atom. The molecule has 0 saturated heterocycles. The van der Waals surface area contributed by atoms with Crippen LogP contribution in [0.3, 0.4) is 0 Å². The molecule has 0 bridgehead atoms. The number of hydrogen-bond acceptors (Lipinski definition) is 4. The molecule has 0 aliphatic heterocycles. The molecule has 0 N–H and O–H groups in total. The highest BCUT2D eigenvalue weighted by Gasteiger charge is 2.22. The number of benzene rings is 8. The smallest absolute Gasteiger partial charge is 0.180 e. The van der Waals surface area contributed by atoms with Crippen LogP contribution < -0.4 is 0 Å². The van der Waals surface area contributed by atoms with E-state index in [1.807, 2.05) is 30.3 Å². The predicted octanol–water partition coefficient (Wildman–Crippen LogP) is 12.7. The van der Waals surface area contributed by atoms with E-state index in [4.69, 9.17) is 18.8 Å². The highest BCUT2D eigenvalue weighted by atomic mass is 16.3. The Morgan fingerprint density at radius 3 is 2.00 bits per heavy atom. The Hall–Kier alpha value is -6.78. The quantitative estimate of drug-likeness (QED) is 0.181. The maximum atomic E-state index is 6.64. The summed E-state index contributed by atoms with van der Waals surface area (Å²) in [5, 5.41) is 10.2. The van der Waals surface area contributed by atoms with Crippen LogP contribution in [0.4, 0.5) is 0 Å². The van der Waals surface area contributed by atoms with Crippen LogP contribution in [0.2, 0.25) is 0 Å². The van der Waals surface area contributed by atoms with Crippen molar-refractivity contribution < 1.29 is 8.83 Å². The molecular formula is C46H26N2O2. The Labute approximate surface area is 285 Å². The fraction of sp³-hybridized carbons (Fsp3) is 0. The summed E-state index contributed by atoms with van der Waals surface area (Å²) >= 11 is 0. The average molecular weight is 639 g/mol. The SMILES string of the molecule is c1ccc2cc(-c3nc(-c4cccc5oc6cc(-c7cc8ccccc8c8ccccc78)ccc6c45)c4oc5ccccc5c4n3)ccc2c1. The molecule has 11 rings (SSSR count). The maximum Gasteiger partial charge on any atom is 0.180 e. The fourth-order valence-corrected chi connectivity index (χ4v) is 7.71. The van der Waals surface area contributed by atoms with Gasteiger partial charge in [-0.25, -0.2) is 9.97 Å². The predicted molar refractivity (Wildman–Crippen MR) is 205 cm³/mol. The molecule has 0 atom stereocenters. The van der Waals surface area contributed by atoms with Gasteiger partial charge in [-0.05, 0) is 85.9 Å². The Morgan fingerprint density at radius 1 is 0.380 bits per heavy atom. The van der Waals surface area contributed by atoms with Crippen LogP contribution in [0.5, 0.6) is 0 Å². The van der Waals surface area contributed by atoms with E-state index in [-0.39, 0.29) is 0 Å². The molecule has 232 valence electrons. The minimum atomic E-state index is 0.653. The van der Waals surface area contributed by atoms with Gasteiger partial charge < -0.3 is 8.83 Å². The van der Waals surface area contributed by atoms with Crippen LogP contribution in [-0.2, 0) is 0 Å². The van der Waals surface area contributed by atoms with E-state index in [1.54, 1.807) is 0 Å². The van der Waals surface area contributed by atoms with Crippen LogP contribution in [0, 0.1) is 0 Å². The standard InChI is InChI=1S/C46H26N2O2/c1-2-11-28-24-31(21-20-27(28)10-1)46-47-43-36-16-7-8-18-39(36)50-45(43)44(48-46)37-17-9-19-40-42(37)35-23-22-30(26-41(35)49-40)38-25-29-12-3-4-13-32(29)33-14-5-6-15-34(33)38/h1-26H. The molecule has 0 aliphatic carbocycles. The molecule has 11 aromatic rings. The van der Waals surface area contributed by atoms with E-state index < -0.39 is 0 Å². The molecule has 3 aromatic heterocycles. The van der Waals surface area contributed by atoms with E-state index in [1.165, 1.54) is 32.5 Å². The normalized spacial score (nSPS) is 12.0. The van der Waals surface area contributed by atoms with Gasteiger partial charge in [-0.1, -0.05) is 115 Å². The minimum Gasteiger partial charge on any atom is -0.456 e. The van der Waals surface area contributed by atoms with Gasteiger partial charge in [0.05, 0.1) is 0 Å². The summed E-state index contributed by atoms with van der Waals surface area (Å²) in [4.78, 5) is 10.4. The maximum absolute atomic E-state index is 6.64. The Kier molecular flexibility index (Phi) is 5.63. The Bertz CT molecular complexity index is 3170. The molecule has 50 heavy (non-hydrogen) atoms. The van der Waals surface area contributed by atoms with E-state index in [2.05, 4.69) is 127 Å². The van der Waals surface area contributed by atoms with E-state index in [0.29, 0.717) is 11.4 Å². The van der Waals surface area contributed by atoms with Crippen molar-refractivity contribution in [2.75, 3.05) is 0 Å². The zero-order valence-corrected chi connectivity index (χ0v) is 26.7. The van der Waals surface area contributed by atoms with Crippen LogP contribution in [0.1, 0.15) is 0 Å². The molecule has 3 heterocycles. The molecule has 4 heteroatoms. The van der Waals surface area contributed by atoms with Crippen molar-refractivity contribution in [1.29, 1.82) is 0 Å². The van der Waals surface area contributed by atoms with Crippen LogP contribution in [0.25, 0.3) is 110 Å². The lowest BCUT2D eigenvalue weighted by atomic mass is 9.93. The van der Waals surface area contributed by atoms with Gasteiger partial charge in [-0.2, -0.15) is 0 Å². The fourth-order valence-electron chi connectivity index (χ4n) is 7.71. The van der Waals surface area contributed by atoms with Gasteiger partial charge in [0.2, 0.25) is 0 Å². The first-order valence-corrected chi connectivity index (χ1v) is 16.8. The van der Waals surface area contributed by atoms with Crippen LogP contribution in [-0.4, -0.2) is 9.97 Å². The van der Waals surface area contributed by atoms with Crippen molar-refractivity contribution in [3.63, 3.8) is 0 Å². The molecule has 0 fully saturated rings. The lowest BCUT2D eigenvalue weighted by molar-refractivity contribution is 0.667. The van der Waals surface area contributed by atoms with Crippen molar-refractivity contribution in [3.8, 4) is 33.8 Å². The molecule has 8 aromatic carbocycles. The number of furan rings is 2. The van der Waals surface area contributed by atoms with Gasteiger partial charge in [-0.3, -0.25) is 0 Å². The monoisotopic (exact) mass is 638 g/mol. The van der Waals surface area contributed by atoms with Gasteiger partial charge in [0, 0.05) is 27.3 Å². The minimum absolute atomic E-state index is 0.653. The third kappa shape index (κ3) is 3.99. The molecule has 0 radical (unpaired) electrons. The number of rotatable bonds is 3. The molecular weight excluding hydrogens is 613 g/mol. The number of aromatic nitrogens is 2. The van der Waals surface area contributed by atoms with E-state index in [0.717, 1.165) is 66.2 Å². The second-order valence-corrected chi connectivity index (χ2v) is 12.9. The largest absolute Gasteiger partial charge is 0.456 e. The Balaban J connectivity index is 1.16. The summed E-state index contributed by atoms with van der Waals surface area (Å²) in [5.41, 5.74) is 8.80. The van der Waals surface area contributed by atoms with E-state index in [9.17, 15) is 0 Å². The number of hydrogen-bond donors (Lipinski definition) is 0. The number of fused-ring (bicyclic) bond motifs is 10. The van der Waals surface area contributed by atoms with Gasteiger partial charge in [0.1, 0.15) is 28.0 Å². The van der Waals surface area contributed by atoms with Crippen LogP contribution >= 0.6 is 0 Å². The van der Waals surface area contributed by atoms with Crippen molar-refractivity contribution in [1.82, 2.24) is 9.97 Å². The second kappa shape index (κ2) is 10.4. The highest BCUT2D eigenvalue weighted by Crippen LogP contribution is 2.43. The van der Waals surface area contributed by atoms with Gasteiger partial charge in [0.25, 0.3) is 0 Å². The van der Waals surface area contributed by atoms with E-state index >= 15 is 0 Å². The first-order valence-electron chi connectivity index (χ1n) is 16.8. The summed E-state index contributed by atoms with van der Waals surface area (Å²) in [6, 6.07) is 55.1. The topological polar surface area (TPSA) is 52.1 Å².